The molecule has 4 heteroatoms. The predicted octanol–water partition coefficient (Wildman–Crippen LogP) is 2.34. The van der Waals surface area contributed by atoms with E-state index in [0.717, 1.165) is 38.0 Å². The first-order valence-corrected chi connectivity index (χ1v) is 7.02. The largest absolute Gasteiger partial charge is 0.390 e. The van der Waals surface area contributed by atoms with Crippen LogP contribution < -0.4 is 0 Å². The SMILES string of the molecule is Cc1ccc(C(=O)N2CCC(CC(C)(C)O)CC2)[nH]1. The fraction of sp³-hybridized carbons (Fsp3) is 0.667. The molecule has 4 nitrogen and oxygen atoms in total. The Hall–Kier alpha value is -1.29. The molecule has 2 heterocycles. The van der Waals surface area contributed by atoms with Crippen molar-refractivity contribution < 1.29 is 9.90 Å². The lowest BCUT2D eigenvalue weighted by atomic mass is 9.86. The molecule has 0 aliphatic carbocycles. The molecule has 0 bridgehead atoms. The van der Waals surface area contributed by atoms with E-state index in [-0.39, 0.29) is 5.91 Å². The zero-order valence-electron chi connectivity index (χ0n) is 12.1. The van der Waals surface area contributed by atoms with E-state index < -0.39 is 5.60 Å². The number of aromatic nitrogens is 1. The van der Waals surface area contributed by atoms with Gasteiger partial charge in [-0.05, 0) is 58.1 Å². The summed E-state index contributed by atoms with van der Waals surface area (Å²) in [5.74, 6) is 0.615. The fourth-order valence-corrected chi connectivity index (χ4v) is 2.85. The summed E-state index contributed by atoms with van der Waals surface area (Å²) in [6, 6.07) is 3.77. The molecule has 0 saturated carbocycles. The lowest BCUT2D eigenvalue weighted by Crippen LogP contribution is -2.40. The minimum absolute atomic E-state index is 0.0924. The fourth-order valence-electron chi connectivity index (χ4n) is 2.85. The first kappa shape index (κ1) is 14.1. The third-order valence-corrected chi connectivity index (χ3v) is 3.75. The molecule has 0 radical (unpaired) electrons. The van der Waals surface area contributed by atoms with Crippen LogP contribution in [0.2, 0.25) is 0 Å². The van der Waals surface area contributed by atoms with Crippen LogP contribution in [0.5, 0.6) is 0 Å². The summed E-state index contributed by atoms with van der Waals surface area (Å²) in [5.41, 5.74) is 1.09. The van der Waals surface area contributed by atoms with Gasteiger partial charge in [0.15, 0.2) is 0 Å². The monoisotopic (exact) mass is 264 g/mol. The van der Waals surface area contributed by atoms with Gasteiger partial charge in [-0.1, -0.05) is 0 Å². The van der Waals surface area contributed by atoms with Gasteiger partial charge in [0.05, 0.1) is 5.60 Å². The summed E-state index contributed by atoms with van der Waals surface area (Å²) in [6.45, 7) is 7.24. The number of hydrogen-bond acceptors (Lipinski definition) is 2. The van der Waals surface area contributed by atoms with Gasteiger partial charge < -0.3 is 15.0 Å². The van der Waals surface area contributed by atoms with E-state index in [1.807, 2.05) is 37.8 Å². The molecule has 106 valence electrons. The molecule has 1 fully saturated rings. The maximum Gasteiger partial charge on any atom is 0.270 e. The number of nitrogens with zero attached hydrogens (tertiary/aromatic N) is 1. The van der Waals surface area contributed by atoms with E-state index in [0.29, 0.717) is 11.6 Å². The van der Waals surface area contributed by atoms with E-state index >= 15 is 0 Å². The standard InChI is InChI=1S/C15H24N2O2/c1-11-4-5-13(16-11)14(18)17-8-6-12(7-9-17)10-15(2,3)19/h4-5,12,16,19H,6-10H2,1-3H3. The van der Waals surface area contributed by atoms with Gasteiger partial charge >= 0.3 is 0 Å². The first-order valence-electron chi connectivity index (χ1n) is 7.02. The number of amides is 1. The first-order chi connectivity index (χ1) is 8.85. The van der Waals surface area contributed by atoms with Crippen molar-refractivity contribution in [2.45, 2.75) is 45.6 Å². The Morgan fingerprint density at radius 3 is 2.53 bits per heavy atom. The quantitative estimate of drug-likeness (QED) is 0.880. The maximum atomic E-state index is 12.3. The van der Waals surface area contributed by atoms with Crippen LogP contribution in [0.1, 0.15) is 49.3 Å². The Morgan fingerprint density at radius 1 is 1.42 bits per heavy atom. The number of carbonyl (C=O) groups is 1. The molecule has 1 aliphatic heterocycles. The zero-order valence-corrected chi connectivity index (χ0v) is 12.1. The van der Waals surface area contributed by atoms with Crippen LogP contribution in [0, 0.1) is 12.8 Å². The van der Waals surface area contributed by atoms with Gasteiger partial charge in [-0.25, -0.2) is 0 Å². The lowest BCUT2D eigenvalue weighted by molar-refractivity contribution is 0.0357. The minimum atomic E-state index is -0.604. The number of aromatic amines is 1. The van der Waals surface area contributed by atoms with Crippen LogP contribution in [0.25, 0.3) is 0 Å². The third kappa shape index (κ3) is 3.83. The minimum Gasteiger partial charge on any atom is -0.390 e. The Balaban J connectivity index is 1.88. The van der Waals surface area contributed by atoms with Crippen molar-refractivity contribution in [1.82, 2.24) is 9.88 Å². The molecule has 0 unspecified atom stereocenters. The van der Waals surface area contributed by atoms with Crippen molar-refractivity contribution in [3.63, 3.8) is 0 Å². The molecule has 0 atom stereocenters. The average molecular weight is 264 g/mol. The van der Waals surface area contributed by atoms with Crippen LogP contribution in [0.4, 0.5) is 0 Å². The summed E-state index contributed by atoms with van der Waals surface area (Å²) in [4.78, 5) is 17.3. The second kappa shape index (κ2) is 5.37. The number of nitrogens with one attached hydrogen (secondary N) is 1. The van der Waals surface area contributed by atoms with Crippen LogP contribution in [-0.4, -0.2) is 39.6 Å². The second-order valence-corrected chi connectivity index (χ2v) is 6.31. The molecular formula is C15H24N2O2. The highest BCUT2D eigenvalue weighted by Crippen LogP contribution is 2.26. The van der Waals surface area contributed by atoms with E-state index in [4.69, 9.17) is 0 Å². The van der Waals surface area contributed by atoms with Gasteiger partial charge in [-0.15, -0.1) is 0 Å². The molecular weight excluding hydrogens is 240 g/mol. The maximum absolute atomic E-state index is 12.3. The second-order valence-electron chi connectivity index (χ2n) is 6.31. The van der Waals surface area contributed by atoms with Gasteiger partial charge in [-0.2, -0.15) is 0 Å². The molecule has 2 rings (SSSR count). The molecule has 0 aromatic carbocycles. The number of carbonyl (C=O) groups excluding carboxylic acids is 1. The molecule has 0 spiro atoms. The average Bonchev–Trinajstić information content (AvgIpc) is 2.74. The summed E-state index contributed by atoms with van der Waals surface area (Å²) >= 11 is 0. The highest BCUT2D eigenvalue weighted by Gasteiger charge is 2.27. The predicted molar refractivity (Wildman–Crippen MR) is 75.1 cm³/mol. The van der Waals surface area contributed by atoms with Crippen LogP contribution in [-0.2, 0) is 0 Å². The molecule has 1 aliphatic rings. The van der Waals surface area contributed by atoms with E-state index in [1.165, 1.54) is 0 Å². The van der Waals surface area contributed by atoms with E-state index in [2.05, 4.69) is 4.98 Å². The zero-order chi connectivity index (χ0) is 14.0. The highest BCUT2D eigenvalue weighted by molar-refractivity contribution is 5.92. The Kier molecular flexibility index (Phi) is 3.99. The van der Waals surface area contributed by atoms with Gasteiger partial charge in [-0.3, -0.25) is 4.79 Å². The summed E-state index contributed by atoms with van der Waals surface area (Å²) < 4.78 is 0. The summed E-state index contributed by atoms with van der Waals surface area (Å²) in [5, 5.41) is 9.84. The molecule has 1 aromatic rings. The van der Waals surface area contributed by atoms with Gasteiger partial charge in [0.1, 0.15) is 5.69 Å². The van der Waals surface area contributed by atoms with Crippen molar-refractivity contribution in [3.05, 3.63) is 23.5 Å². The number of rotatable bonds is 3. The number of hydrogen-bond donors (Lipinski definition) is 2. The van der Waals surface area contributed by atoms with Gasteiger partial charge in [0.25, 0.3) is 5.91 Å². The Labute approximate surface area is 114 Å². The molecule has 19 heavy (non-hydrogen) atoms. The lowest BCUT2D eigenvalue weighted by Gasteiger charge is -2.34. The van der Waals surface area contributed by atoms with Crippen molar-refractivity contribution in [2.75, 3.05) is 13.1 Å². The third-order valence-electron chi connectivity index (χ3n) is 3.75. The Morgan fingerprint density at radius 2 is 2.05 bits per heavy atom. The highest BCUT2D eigenvalue weighted by atomic mass is 16.3. The number of H-pyrrole nitrogens is 1. The van der Waals surface area contributed by atoms with Crippen LogP contribution >= 0.6 is 0 Å². The van der Waals surface area contributed by atoms with E-state index in [1.54, 1.807) is 0 Å². The normalized spacial score (nSPS) is 17.8. The van der Waals surface area contributed by atoms with Gasteiger partial charge in [0.2, 0.25) is 0 Å². The molecule has 1 aromatic heterocycles. The number of aryl methyl sites for hydroxylation is 1. The smallest absolute Gasteiger partial charge is 0.270 e. The summed E-state index contributed by atoms with van der Waals surface area (Å²) in [6.07, 6.45) is 2.78. The van der Waals surface area contributed by atoms with Crippen molar-refractivity contribution in [2.24, 2.45) is 5.92 Å². The van der Waals surface area contributed by atoms with Crippen molar-refractivity contribution in [3.8, 4) is 0 Å². The molecule has 1 amide bonds. The molecule has 1 saturated heterocycles. The molecule has 2 N–H and O–H groups in total. The van der Waals surface area contributed by atoms with Crippen molar-refractivity contribution >= 4 is 5.91 Å². The Bertz CT molecular complexity index is 437. The van der Waals surface area contributed by atoms with Crippen LogP contribution in [0.3, 0.4) is 0 Å². The number of aliphatic hydroxyl groups is 1. The topological polar surface area (TPSA) is 56.3 Å². The van der Waals surface area contributed by atoms with E-state index in [9.17, 15) is 9.90 Å². The number of piperidine rings is 1. The van der Waals surface area contributed by atoms with Crippen molar-refractivity contribution in [1.29, 1.82) is 0 Å². The number of likely N-dealkylation sites (tertiary alicyclic amines) is 1. The van der Waals surface area contributed by atoms with Gasteiger partial charge in [0, 0.05) is 18.8 Å². The van der Waals surface area contributed by atoms with Crippen LogP contribution in [0.15, 0.2) is 12.1 Å². The summed E-state index contributed by atoms with van der Waals surface area (Å²) in [7, 11) is 0.